The van der Waals surface area contributed by atoms with Gasteiger partial charge in [0.25, 0.3) is 0 Å². The van der Waals surface area contributed by atoms with E-state index >= 15 is 0 Å². The Hall–Kier alpha value is -1.55. The number of carbonyl (C=O) groups is 1. The largest absolute Gasteiger partial charge is 0.398 e. The van der Waals surface area contributed by atoms with Gasteiger partial charge in [-0.15, -0.1) is 0 Å². The van der Waals surface area contributed by atoms with Gasteiger partial charge in [-0.25, -0.2) is 0 Å². The average Bonchev–Trinajstić information content (AvgIpc) is 2.40. The molecule has 0 bridgehead atoms. The van der Waals surface area contributed by atoms with Gasteiger partial charge in [0, 0.05) is 18.3 Å². The van der Waals surface area contributed by atoms with E-state index in [2.05, 4.69) is 12.2 Å². The molecule has 0 saturated carbocycles. The molecule has 0 saturated heterocycles. The number of nitrogens with one attached hydrogen (secondary N) is 1. The van der Waals surface area contributed by atoms with Crippen LogP contribution in [0.4, 0.5) is 5.69 Å². The Morgan fingerprint density at radius 1 is 1.35 bits per heavy atom. The summed E-state index contributed by atoms with van der Waals surface area (Å²) in [7, 11) is 1.95. The molecule has 2 unspecified atom stereocenters. The van der Waals surface area contributed by atoms with Crippen LogP contribution in [0, 0.1) is 0 Å². The number of nitrogens with zero attached hydrogens (tertiary/aromatic N) is 1. The van der Waals surface area contributed by atoms with Crippen molar-refractivity contribution < 1.29 is 4.79 Å². The molecule has 1 rings (SSSR count). The normalized spacial score (nSPS) is 14.1. The van der Waals surface area contributed by atoms with Gasteiger partial charge in [0.05, 0.1) is 6.04 Å². The highest BCUT2D eigenvalue weighted by Crippen LogP contribution is 2.14. The maximum absolute atomic E-state index is 12.2. The monoisotopic (exact) mass is 277 g/mol. The fraction of sp³-hybridized carbons (Fsp3) is 0.562. The summed E-state index contributed by atoms with van der Waals surface area (Å²) in [6.45, 7) is 6.76. The molecule has 0 aromatic heterocycles. The number of rotatable bonds is 7. The van der Waals surface area contributed by atoms with E-state index in [9.17, 15) is 4.79 Å². The molecule has 0 aliphatic heterocycles. The van der Waals surface area contributed by atoms with E-state index in [-0.39, 0.29) is 18.0 Å². The number of anilines is 1. The molecule has 0 spiro atoms. The number of hydrogen-bond donors (Lipinski definition) is 2. The highest BCUT2D eigenvalue weighted by Gasteiger charge is 2.19. The van der Waals surface area contributed by atoms with Crippen LogP contribution in [0.5, 0.6) is 0 Å². The summed E-state index contributed by atoms with van der Waals surface area (Å²) >= 11 is 0. The van der Waals surface area contributed by atoms with Crippen LogP contribution in [0.25, 0.3) is 0 Å². The number of hydrogen-bond acceptors (Lipinski definition) is 3. The Bertz CT molecular complexity index is 433. The van der Waals surface area contributed by atoms with E-state index in [4.69, 9.17) is 5.73 Å². The average molecular weight is 277 g/mol. The highest BCUT2D eigenvalue weighted by molar-refractivity contribution is 5.81. The Balaban J connectivity index is 2.56. The first-order valence-corrected chi connectivity index (χ1v) is 7.29. The molecule has 1 aromatic carbocycles. The Labute approximate surface area is 122 Å². The molecule has 0 aliphatic carbocycles. The van der Waals surface area contributed by atoms with Crippen molar-refractivity contribution in [2.75, 3.05) is 12.8 Å². The van der Waals surface area contributed by atoms with E-state index < -0.39 is 0 Å². The Morgan fingerprint density at radius 2 is 2.00 bits per heavy atom. The number of nitrogens with two attached hydrogens (primary N) is 1. The van der Waals surface area contributed by atoms with Gasteiger partial charge in [-0.1, -0.05) is 31.5 Å². The molecule has 112 valence electrons. The third kappa shape index (κ3) is 4.85. The van der Waals surface area contributed by atoms with Crippen molar-refractivity contribution in [2.45, 2.75) is 52.2 Å². The third-order valence-corrected chi connectivity index (χ3v) is 3.63. The van der Waals surface area contributed by atoms with Crippen LogP contribution in [-0.2, 0) is 11.3 Å². The second-order valence-corrected chi connectivity index (χ2v) is 5.49. The van der Waals surface area contributed by atoms with Crippen molar-refractivity contribution in [1.29, 1.82) is 0 Å². The lowest BCUT2D eigenvalue weighted by Crippen LogP contribution is -2.45. The maximum atomic E-state index is 12.2. The molecule has 4 nitrogen and oxygen atoms in total. The fourth-order valence-electron chi connectivity index (χ4n) is 2.15. The number of likely N-dealkylation sites (N-methyl/N-ethyl adjacent to an activating group) is 1. The first-order valence-electron chi connectivity index (χ1n) is 7.29. The van der Waals surface area contributed by atoms with Crippen LogP contribution in [-0.4, -0.2) is 29.9 Å². The standard InChI is InChI=1S/C16H27N3O/c1-5-8-12(2)18-16(20)13(3)19(4)11-14-9-6-7-10-15(14)17/h6-7,9-10,12-13H,5,8,11,17H2,1-4H3,(H,18,20). The van der Waals surface area contributed by atoms with Crippen molar-refractivity contribution in [3.63, 3.8) is 0 Å². The first-order chi connectivity index (χ1) is 9.45. The lowest BCUT2D eigenvalue weighted by Gasteiger charge is -2.26. The summed E-state index contributed by atoms with van der Waals surface area (Å²) < 4.78 is 0. The summed E-state index contributed by atoms with van der Waals surface area (Å²) in [4.78, 5) is 14.2. The van der Waals surface area contributed by atoms with Crippen LogP contribution in [0.15, 0.2) is 24.3 Å². The smallest absolute Gasteiger partial charge is 0.237 e. The van der Waals surface area contributed by atoms with Crippen LogP contribution >= 0.6 is 0 Å². The van der Waals surface area contributed by atoms with Gasteiger partial charge in [-0.3, -0.25) is 9.69 Å². The van der Waals surface area contributed by atoms with E-state index in [0.717, 1.165) is 24.1 Å². The highest BCUT2D eigenvalue weighted by atomic mass is 16.2. The quantitative estimate of drug-likeness (QED) is 0.752. The van der Waals surface area contributed by atoms with Gasteiger partial charge in [0.1, 0.15) is 0 Å². The molecule has 20 heavy (non-hydrogen) atoms. The summed E-state index contributed by atoms with van der Waals surface area (Å²) in [5.41, 5.74) is 7.76. The second kappa shape index (κ2) is 7.90. The number of para-hydroxylation sites is 1. The van der Waals surface area contributed by atoms with Gasteiger partial charge < -0.3 is 11.1 Å². The van der Waals surface area contributed by atoms with E-state index in [1.54, 1.807) is 0 Å². The molecule has 0 aliphatic rings. The fourth-order valence-corrected chi connectivity index (χ4v) is 2.15. The number of nitrogen functional groups attached to an aromatic ring is 1. The minimum atomic E-state index is -0.172. The zero-order valence-electron chi connectivity index (χ0n) is 13.0. The van der Waals surface area contributed by atoms with Gasteiger partial charge in [-0.2, -0.15) is 0 Å². The van der Waals surface area contributed by atoms with E-state index in [1.165, 1.54) is 0 Å². The minimum Gasteiger partial charge on any atom is -0.398 e. The molecule has 0 radical (unpaired) electrons. The molecule has 4 heteroatoms. The van der Waals surface area contributed by atoms with Crippen molar-refractivity contribution in [3.8, 4) is 0 Å². The molecule has 2 atom stereocenters. The molecular formula is C16H27N3O. The van der Waals surface area contributed by atoms with Crippen molar-refractivity contribution >= 4 is 11.6 Å². The number of carbonyl (C=O) groups excluding carboxylic acids is 1. The first kappa shape index (κ1) is 16.5. The van der Waals surface area contributed by atoms with E-state index in [0.29, 0.717) is 6.54 Å². The van der Waals surface area contributed by atoms with Crippen LogP contribution in [0.3, 0.4) is 0 Å². The van der Waals surface area contributed by atoms with Gasteiger partial charge in [-0.05, 0) is 38.9 Å². The molecule has 0 heterocycles. The maximum Gasteiger partial charge on any atom is 0.237 e. The van der Waals surface area contributed by atoms with Gasteiger partial charge >= 0.3 is 0 Å². The zero-order valence-corrected chi connectivity index (χ0v) is 13.0. The van der Waals surface area contributed by atoms with E-state index in [1.807, 2.05) is 50.1 Å². The predicted octanol–water partition coefficient (Wildman–Crippen LogP) is 2.39. The zero-order chi connectivity index (χ0) is 15.1. The molecular weight excluding hydrogens is 250 g/mol. The van der Waals surface area contributed by atoms with Crippen LogP contribution in [0.2, 0.25) is 0 Å². The van der Waals surface area contributed by atoms with Gasteiger partial charge in [0.15, 0.2) is 0 Å². The topological polar surface area (TPSA) is 58.4 Å². The lowest BCUT2D eigenvalue weighted by atomic mass is 10.1. The SMILES string of the molecule is CCCC(C)NC(=O)C(C)N(C)Cc1ccccc1N. The molecule has 0 fully saturated rings. The predicted molar refractivity (Wildman–Crippen MR) is 84.3 cm³/mol. The Kier molecular flexibility index (Phi) is 6.52. The second-order valence-electron chi connectivity index (χ2n) is 5.49. The molecule has 1 aromatic rings. The molecule has 1 amide bonds. The Morgan fingerprint density at radius 3 is 2.60 bits per heavy atom. The van der Waals surface area contributed by atoms with Crippen LogP contribution < -0.4 is 11.1 Å². The van der Waals surface area contributed by atoms with Gasteiger partial charge in [0.2, 0.25) is 5.91 Å². The van der Waals surface area contributed by atoms with Crippen molar-refractivity contribution in [3.05, 3.63) is 29.8 Å². The number of benzene rings is 1. The van der Waals surface area contributed by atoms with Crippen molar-refractivity contribution in [1.82, 2.24) is 10.2 Å². The van der Waals surface area contributed by atoms with Crippen molar-refractivity contribution in [2.24, 2.45) is 0 Å². The summed E-state index contributed by atoms with van der Waals surface area (Å²) in [6.07, 6.45) is 2.08. The number of amides is 1. The van der Waals surface area contributed by atoms with Crippen LogP contribution in [0.1, 0.15) is 39.2 Å². The summed E-state index contributed by atoms with van der Waals surface area (Å²) in [6, 6.07) is 7.82. The minimum absolute atomic E-state index is 0.0722. The third-order valence-electron chi connectivity index (χ3n) is 3.63. The molecule has 3 N–H and O–H groups in total. The summed E-state index contributed by atoms with van der Waals surface area (Å²) in [5, 5.41) is 3.05. The lowest BCUT2D eigenvalue weighted by molar-refractivity contribution is -0.126. The summed E-state index contributed by atoms with van der Waals surface area (Å²) in [5.74, 6) is 0.0722.